The maximum atomic E-state index is 13.6. The van der Waals surface area contributed by atoms with Crippen molar-refractivity contribution in [2.75, 3.05) is 0 Å². The minimum atomic E-state index is -0.769. The minimum Gasteiger partial charge on any atom is -0.426 e. The van der Waals surface area contributed by atoms with Crippen LogP contribution in [0, 0.1) is 32.1 Å². The lowest BCUT2D eigenvalue weighted by atomic mass is 9.52. The van der Waals surface area contributed by atoms with Gasteiger partial charge in [-0.05, 0) is 35.4 Å². The van der Waals surface area contributed by atoms with Crippen LogP contribution in [0.4, 0.5) is 11.4 Å². The lowest BCUT2D eigenvalue weighted by Crippen LogP contribution is -2.53. The van der Waals surface area contributed by atoms with Gasteiger partial charge in [-0.15, -0.1) is 0 Å². The first-order valence-electron chi connectivity index (χ1n) is 12.4. The summed E-state index contributed by atoms with van der Waals surface area (Å²) in [4.78, 5) is 48.2. The number of nitro groups is 2. The molecule has 0 unspecified atom stereocenters. The van der Waals surface area contributed by atoms with Crippen molar-refractivity contribution in [3.8, 4) is 11.5 Å². The molecule has 200 valence electrons. The van der Waals surface area contributed by atoms with Gasteiger partial charge >= 0.3 is 11.9 Å². The van der Waals surface area contributed by atoms with E-state index in [0.717, 1.165) is 11.1 Å². The van der Waals surface area contributed by atoms with E-state index in [4.69, 9.17) is 9.47 Å². The Bertz CT molecular complexity index is 1410. The van der Waals surface area contributed by atoms with Crippen LogP contribution in [0.25, 0.3) is 0 Å². The summed E-state index contributed by atoms with van der Waals surface area (Å²) in [6.07, 6.45) is 0. The summed E-state index contributed by atoms with van der Waals surface area (Å²) in [5, 5.41) is 22.0. The van der Waals surface area contributed by atoms with Crippen LogP contribution < -0.4 is 9.47 Å². The van der Waals surface area contributed by atoms with Crippen molar-refractivity contribution < 1.29 is 28.9 Å². The van der Waals surface area contributed by atoms with Crippen LogP contribution >= 0.6 is 0 Å². The molecule has 1 aliphatic carbocycles. The second-order valence-corrected chi connectivity index (χ2v) is 9.27. The average molecular weight is 539 g/mol. The number of benzene rings is 4. The zero-order valence-electron chi connectivity index (χ0n) is 20.9. The van der Waals surface area contributed by atoms with Crippen molar-refractivity contribution in [3.05, 3.63) is 141 Å². The first kappa shape index (κ1) is 26.2. The zero-order chi connectivity index (χ0) is 28.2. The van der Waals surface area contributed by atoms with E-state index in [0.29, 0.717) is 0 Å². The first-order valence-corrected chi connectivity index (χ1v) is 12.4. The molecule has 0 aromatic heterocycles. The van der Waals surface area contributed by atoms with E-state index in [1.165, 1.54) is 48.5 Å². The minimum absolute atomic E-state index is 0.137. The molecule has 10 nitrogen and oxygen atoms in total. The number of esters is 2. The van der Waals surface area contributed by atoms with Gasteiger partial charge in [-0.2, -0.15) is 0 Å². The Kier molecular flexibility index (Phi) is 7.32. The molecule has 1 fully saturated rings. The van der Waals surface area contributed by atoms with Gasteiger partial charge in [0.05, 0.1) is 21.7 Å². The smallest absolute Gasteiger partial charge is 0.315 e. The third-order valence-electron chi connectivity index (χ3n) is 6.99. The Morgan fingerprint density at radius 3 is 1.15 bits per heavy atom. The summed E-state index contributed by atoms with van der Waals surface area (Å²) in [6.45, 7) is 0. The fourth-order valence-electron chi connectivity index (χ4n) is 5.15. The Morgan fingerprint density at radius 1 is 0.525 bits per heavy atom. The Morgan fingerprint density at radius 2 is 0.850 bits per heavy atom. The van der Waals surface area contributed by atoms with Crippen LogP contribution in [0.5, 0.6) is 11.5 Å². The molecule has 0 heterocycles. The lowest BCUT2D eigenvalue weighted by molar-refractivity contribution is -0.385. The second kappa shape index (κ2) is 11.2. The van der Waals surface area contributed by atoms with Crippen molar-refractivity contribution in [1.82, 2.24) is 0 Å². The highest BCUT2D eigenvalue weighted by atomic mass is 16.6. The Balaban J connectivity index is 1.49. The third kappa shape index (κ3) is 5.28. The van der Waals surface area contributed by atoms with Gasteiger partial charge in [0.25, 0.3) is 11.4 Å². The van der Waals surface area contributed by atoms with E-state index in [2.05, 4.69) is 0 Å². The SMILES string of the molecule is O=C(Oc1ccc([N+](=O)[O-])cc1)C1C(c2ccccc2)C(C(=O)Oc2ccc([N+](=O)[O-])cc2)C1c1ccccc1. The highest BCUT2D eigenvalue weighted by Gasteiger charge is 2.59. The molecule has 10 heteroatoms. The Hall–Kier alpha value is -5.38. The van der Waals surface area contributed by atoms with Crippen molar-refractivity contribution >= 4 is 23.3 Å². The molecule has 0 radical (unpaired) electrons. The molecule has 0 amide bonds. The topological polar surface area (TPSA) is 139 Å². The number of non-ortho nitro benzene ring substituents is 2. The molecular weight excluding hydrogens is 516 g/mol. The van der Waals surface area contributed by atoms with E-state index in [9.17, 15) is 29.8 Å². The molecular formula is C30H22N2O8. The summed E-state index contributed by atoms with van der Waals surface area (Å²) >= 11 is 0. The summed E-state index contributed by atoms with van der Waals surface area (Å²) < 4.78 is 11.3. The quantitative estimate of drug-likeness (QED) is 0.118. The maximum absolute atomic E-state index is 13.6. The van der Waals surface area contributed by atoms with Crippen LogP contribution in [0.1, 0.15) is 23.0 Å². The molecule has 1 saturated carbocycles. The van der Waals surface area contributed by atoms with E-state index < -0.39 is 45.5 Å². The number of nitrogens with zero attached hydrogens (tertiary/aromatic N) is 2. The molecule has 0 bridgehead atoms. The predicted molar refractivity (Wildman–Crippen MR) is 143 cm³/mol. The molecule has 4 aromatic rings. The van der Waals surface area contributed by atoms with Crippen LogP contribution in [-0.2, 0) is 9.59 Å². The van der Waals surface area contributed by atoms with Crippen molar-refractivity contribution in [3.63, 3.8) is 0 Å². The summed E-state index contributed by atoms with van der Waals surface area (Å²) in [7, 11) is 0. The number of ether oxygens (including phenoxy) is 2. The summed E-state index contributed by atoms with van der Waals surface area (Å²) in [6, 6.07) is 28.6. The number of rotatable bonds is 8. The standard InChI is InChI=1S/C30H22N2O8/c33-29(39-23-15-11-21(12-16-23)31(35)36)27-25(19-7-3-1-4-8-19)28(26(27)20-9-5-2-6-10-20)30(34)40-24-17-13-22(14-18-24)32(37)38/h1-18,25-28H. The van der Waals surface area contributed by atoms with Gasteiger partial charge < -0.3 is 9.47 Å². The molecule has 40 heavy (non-hydrogen) atoms. The van der Waals surface area contributed by atoms with Gasteiger partial charge in [0.15, 0.2) is 0 Å². The predicted octanol–water partition coefficient (Wildman–Crippen LogP) is 5.83. The van der Waals surface area contributed by atoms with Crippen molar-refractivity contribution in [2.45, 2.75) is 11.8 Å². The molecule has 1 aliphatic rings. The lowest BCUT2D eigenvalue weighted by Gasteiger charge is -2.49. The molecule has 0 atom stereocenters. The number of nitro benzene ring substituents is 2. The highest BCUT2D eigenvalue weighted by Crippen LogP contribution is 2.58. The largest absolute Gasteiger partial charge is 0.426 e. The summed E-state index contributed by atoms with van der Waals surface area (Å²) in [5.74, 6) is -3.61. The normalized spacial score (nSPS) is 19.6. The van der Waals surface area contributed by atoms with Gasteiger partial charge in [-0.1, -0.05) is 60.7 Å². The molecule has 0 spiro atoms. The zero-order valence-corrected chi connectivity index (χ0v) is 20.9. The van der Waals surface area contributed by atoms with Gasteiger partial charge in [-0.25, -0.2) is 0 Å². The maximum Gasteiger partial charge on any atom is 0.315 e. The highest BCUT2D eigenvalue weighted by molar-refractivity contribution is 5.87. The van der Waals surface area contributed by atoms with Crippen molar-refractivity contribution in [2.24, 2.45) is 11.8 Å². The van der Waals surface area contributed by atoms with Crippen LogP contribution in [0.3, 0.4) is 0 Å². The number of hydrogen-bond acceptors (Lipinski definition) is 8. The average Bonchev–Trinajstić information content (AvgIpc) is 2.94. The molecule has 5 rings (SSSR count). The van der Waals surface area contributed by atoms with Gasteiger partial charge in [0.2, 0.25) is 0 Å². The summed E-state index contributed by atoms with van der Waals surface area (Å²) in [5.41, 5.74) is 1.21. The van der Waals surface area contributed by atoms with Gasteiger partial charge in [0, 0.05) is 36.1 Å². The number of carbonyl (C=O) groups is 2. The first-order chi connectivity index (χ1) is 19.3. The van der Waals surface area contributed by atoms with Crippen molar-refractivity contribution in [1.29, 1.82) is 0 Å². The fraction of sp³-hybridized carbons (Fsp3) is 0.133. The number of carbonyl (C=O) groups excluding carboxylic acids is 2. The van der Waals surface area contributed by atoms with E-state index in [-0.39, 0.29) is 22.9 Å². The fourth-order valence-corrected chi connectivity index (χ4v) is 5.15. The van der Waals surface area contributed by atoms with Crippen LogP contribution in [0.2, 0.25) is 0 Å². The number of hydrogen-bond donors (Lipinski definition) is 0. The molecule has 0 aliphatic heterocycles. The van der Waals surface area contributed by atoms with E-state index in [1.807, 2.05) is 60.7 Å². The van der Waals surface area contributed by atoms with E-state index in [1.54, 1.807) is 0 Å². The van der Waals surface area contributed by atoms with E-state index >= 15 is 0 Å². The molecule has 4 aromatic carbocycles. The van der Waals surface area contributed by atoms with Gasteiger partial charge in [-0.3, -0.25) is 29.8 Å². The molecule has 0 N–H and O–H groups in total. The molecule has 0 saturated heterocycles. The monoisotopic (exact) mass is 538 g/mol. The van der Waals surface area contributed by atoms with Crippen LogP contribution in [-0.4, -0.2) is 21.8 Å². The second-order valence-electron chi connectivity index (χ2n) is 9.27. The van der Waals surface area contributed by atoms with Crippen LogP contribution in [0.15, 0.2) is 109 Å². The third-order valence-corrected chi connectivity index (χ3v) is 6.99. The van der Waals surface area contributed by atoms with Gasteiger partial charge in [0.1, 0.15) is 11.5 Å². The Labute approximate surface area is 228 Å².